The van der Waals surface area contributed by atoms with E-state index in [1.807, 2.05) is 30.3 Å². The summed E-state index contributed by atoms with van der Waals surface area (Å²) in [4.78, 5) is 12.4. The van der Waals surface area contributed by atoms with Gasteiger partial charge >= 0.3 is 0 Å². The zero-order valence-electron chi connectivity index (χ0n) is 16.3. The first kappa shape index (κ1) is 21.4. The minimum Gasteiger partial charge on any atom is -0.348 e. The summed E-state index contributed by atoms with van der Waals surface area (Å²) in [5.74, 6) is 0.334. The van der Waals surface area contributed by atoms with Crippen molar-refractivity contribution in [2.24, 2.45) is 0 Å². The Kier molecular flexibility index (Phi) is 6.91. The summed E-state index contributed by atoms with van der Waals surface area (Å²) in [7, 11) is 0. The number of hydrogen-bond donors (Lipinski definition) is 1. The van der Waals surface area contributed by atoms with E-state index >= 15 is 0 Å². The molecule has 1 aromatic heterocycles. The highest BCUT2D eigenvalue weighted by molar-refractivity contribution is 8.00. The first-order chi connectivity index (χ1) is 15.1. The van der Waals surface area contributed by atoms with Crippen LogP contribution in [0.4, 0.5) is 4.39 Å². The SMILES string of the molecule is O=C(NCc1ccc(F)cc1)c1ccc(-n2nc(SCc3ccccc3)sc2=S)cc1. The van der Waals surface area contributed by atoms with Crippen molar-refractivity contribution in [3.05, 3.63) is 105 Å². The molecule has 3 aromatic carbocycles. The van der Waals surface area contributed by atoms with E-state index in [0.717, 1.165) is 21.3 Å². The van der Waals surface area contributed by atoms with Gasteiger partial charge in [-0.25, -0.2) is 9.07 Å². The summed E-state index contributed by atoms with van der Waals surface area (Å²) in [6.45, 7) is 0.333. The van der Waals surface area contributed by atoms with Crippen LogP contribution in [-0.4, -0.2) is 15.7 Å². The molecular weight excluding hydrogens is 449 g/mol. The van der Waals surface area contributed by atoms with Crippen molar-refractivity contribution in [1.82, 2.24) is 15.1 Å². The lowest BCUT2D eigenvalue weighted by atomic mass is 10.1. The summed E-state index contributed by atoms with van der Waals surface area (Å²) in [5.41, 5.74) is 3.41. The fraction of sp³-hybridized carbons (Fsp3) is 0.0870. The maximum absolute atomic E-state index is 13.0. The Morgan fingerprint density at radius 3 is 2.42 bits per heavy atom. The molecule has 0 aliphatic heterocycles. The highest BCUT2D eigenvalue weighted by Crippen LogP contribution is 2.27. The molecule has 0 saturated carbocycles. The number of aromatic nitrogens is 2. The lowest BCUT2D eigenvalue weighted by Crippen LogP contribution is -2.22. The van der Waals surface area contributed by atoms with Crippen LogP contribution in [0.5, 0.6) is 0 Å². The van der Waals surface area contributed by atoms with Gasteiger partial charge in [0.25, 0.3) is 5.91 Å². The van der Waals surface area contributed by atoms with E-state index < -0.39 is 0 Å². The molecule has 0 saturated heterocycles. The zero-order valence-corrected chi connectivity index (χ0v) is 18.8. The molecule has 4 nitrogen and oxygen atoms in total. The Morgan fingerprint density at radius 1 is 1.00 bits per heavy atom. The third kappa shape index (κ3) is 5.66. The topological polar surface area (TPSA) is 46.9 Å². The van der Waals surface area contributed by atoms with Crippen LogP contribution in [0.15, 0.2) is 83.2 Å². The summed E-state index contributed by atoms with van der Waals surface area (Å²) in [6, 6.07) is 23.4. The quantitative estimate of drug-likeness (QED) is 0.266. The molecule has 4 rings (SSSR count). The van der Waals surface area contributed by atoms with Crippen molar-refractivity contribution in [2.75, 3.05) is 0 Å². The van der Waals surface area contributed by atoms with Gasteiger partial charge in [-0.2, -0.15) is 0 Å². The molecule has 1 heterocycles. The maximum Gasteiger partial charge on any atom is 0.251 e. The minimum absolute atomic E-state index is 0.197. The lowest BCUT2D eigenvalue weighted by Gasteiger charge is -2.07. The standard InChI is InChI=1S/C23H18FN3OS3/c24-19-10-6-16(7-11-19)14-25-21(28)18-8-12-20(13-9-18)27-23(29)31-22(26-27)30-15-17-4-2-1-3-5-17/h1-13H,14-15H2,(H,25,28). The Morgan fingerprint density at radius 2 is 1.71 bits per heavy atom. The van der Waals surface area contributed by atoms with Gasteiger partial charge < -0.3 is 5.32 Å². The maximum atomic E-state index is 13.0. The van der Waals surface area contributed by atoms with Crippen molar-refractivity contribution in [2.45, 2.75) is 16.6 Å². The molecule has 31 heavy (non-hydrogen) atoms. The van der Waals surface area contributed by atoms with Crippen molar-refractivity contribution >= 4 is 41.2 Å². The largest absolute Gasteiger partial charge is 0.348 e. The summed E-state index contributed by atoms with van der Waals surface area (Å²) in [6.07, 6.45) is 0. The summed E-state index contributed by atoms with van der Waals surface area (Å²) in [5, 5.41) is 7.45. The van der Waals surface area contributed by atoms with Crippen LogP contribution in [0.2, 0.25) is 0 Å². The van der Waals surface area contributed by atoms with Gasteiger partial charge in [0.2, 0.25) is 0 Å². The van der Waals surface area contributed by atoms with E-state index in [1.54, 1.807) is 40.7 Å². The van der Waals surface area contributed by atoms with Crippen LogP contribution in [0.3, 0.4) is 0 Å². The molecule has 1 amide bonds. The molecule has 0 atom stereocenters. The third-order valence-electron chi connectivity index (χ3n) is 4.47. The molecule has 0 fully saturated rings. The molecule has 0 bridgehead atoms. The van der Waals surface area contributed by atoms with Gasteiger partial charge in [0.05, 0.1) is 5.69 Å². The number of rotatable bonds is 7. The monoisotopic (exact) mass is 467 g/mol. The van der Waals surface area contributed by atoms with Crippen LogP contribution in [0, 0.1) is 9.77 Å². The number of benzene rings is 3. The normalized spacial score (nSPS) is 10.7. The van der Waals surface area contributed by atoms with Crippen molar-refractivity contribution in [3.63, 3.8) is 0 Å². The predicted molar refractivity (Wildman–Crippen MR) is 126 cm³/mol. The second-order valence-corrected chi connectivity index (χ2v) is 9.52. The van der Waals surface area contributed by atoms with Crippen LogP contribution in [-0.2, 0) is 12.3 Å². The van der Waals surface area contributed by atoms with Crippen molar-refractivity contribution in [3.8, 4) is 5.69 Å². The second kappa shape index (κ2) is 10.00. The first-order valence-corrected chi connectivity index (χ1v) is 11.7. The number of amides is 1. The second-order valence-electron chi connectivity index (χ2n) is 6.68. The smallest absolute Gasteiger partial charge is 0.251 e. The highest BCUT2D eigenvalue weighted by Gasteiger charge is 2.09. The number of thioether (sulfide) groups is 1. The Hall–Kier alpha value is -2.81. The molecule has 0 aliphatic carbocycles. The van der Waals surface area contributed by atoms with Gasteiger partial charge in [0.15, 0.2) is 8.29 Å². The fourth-order valence-electron chi connectivity index (χ4n) is 2.84. The molecule has 1 N–H and O–H groups in total. The van der Waals surface area contributed by atoms with Gasteiger partial charge in [0.1, 0.15) is 5.82 Å². The predicted octanol–water partition coefficient (Wildman–Crippen LogP) is 6.02. The molecule has 0 radical (unpaired) electrons. The number of carbonyl (C=O) groups is 1. The third-order valence-corrected chi connectivity index (χ3v) is 6.91. The van der Waals surface area contributed by atoms with E-state index in [9.17, 15) is 9.18 Å². The molecule has 0 aliphatic rings. The number of carbonyl (C=O) groups excluding carboxylic acids is 1. The van der Waals surface area contributed by atoms with E-state index in [1.165, 1.54) is 29.0 Å². The summed E-state index contributed by atoms with van der Waals surface area (Å²) < 4.78 is 16.2. The Bertz CT molecular complexity index is 1220. The van der Waals surface area contributed by atoms with Crippen LogP contribution < -0.4 is 5.32 Å². The van der Waals surface area contributed by atoms with Gasteiger partial charge in [-0.1, -0.05) is 65.6 Å². The van der Waals surface area contributed by atoms with E-state index in [0.29, 0.717) is 16.1 Å². The van der Waals surface area contributed by atoms with Crippen LogP contribution >= 0.6 is 35.3 Å². The molecule has 0 spiro atoms. The highest BCUT2D eigenvalue weighted by atomic mass is 32.2. The number of halogens is 1. The van der Waals surface area contributed by atoms with Crippen LogP contribution in [0.25, 0.3) is 5.69 Å². The van der Waals surface area contributed by atoms with Gasteiger partial charge in [-0.15, -0.1) is 5.10 Å². The average molecular weight is 468 g/mol. The molecule has 8 heteroatoms. The molecular formula is C23H18FN3OS3. The average Bonchev–Trinajstić information content (AvgIpc) is 3.18. The first-order valence-electron chi connectivity index (χ1n) is 9.48. The fourth-order valence-corrected chi connectivity index (χ4v) is 5.16. The van der Waals surface area contributed by atoms with E-state index in [4.69, 9.17) is 12.2 Å². The van der Waals surface area contributed by atoms with Crippen molar-refractivity contribution in [1.29, 1.82) is 0 Å². The van der Waals surface area contributed by atoms with E-state index in [2.05, 4.69) is 22.5 Å². The number of nitrogens with one attached hydrogen (secondary N) is 1. The number of nitrogens with zero attached hydrogens (tertiary/aromatic N) is 2. The van der Waals surface area contributed by atoms with Gasteiger partial charge in [0, 0.05) is 17.9 Å². The zero-order chi connectivity index (χ0) is 21.6. The Balaban J connectivity index is 1.39. The molecule has 156 valence electrons. The van der Waals surface area contributed by atoms with E-state index in [-0.39, 0.29) is 11.7 Å². The Labute approximate surface area is 192 Å². The lowest BCUT2D eigenvalue weighted by molar-refractivity contribution is 0.0951. The molecule has 0 unspecified atom stereocenters. The van der Waals surface area contributed by atoms with Crippen molar-refractivity contribution < 1.29 is 9.18 Å². The summed E-state index contributed by atoms with van der Waals surface area (Å²) >= 11 is 8.59. The minimum atomic E-state index is -0.298. The molecule has 4 aromatic rings. The van der Waals surface area contributed by atoms with Gasteiger partial charge in [-0.05, 0) is 59.7 Å². The van der Waals surface area contributed by atoms with Gasteiger partial charge in [-0.3, -0.25) is 4.79 Å². The number of hydrogen-bond acceptors (Lipinski definition) is 5. The van der Waals surface area contributed by atoms with Crippen LogP contribution in [0.1, 0.15) is 21.5 Å².